The molecular formula is C11H18N2. The standard InChI is InChI=1S/C11H18N2/c1-2-3-4-5-6-7-11-8-9-12-10-13-11/h8-10H,2-7H2,1H3. The highest BCUT2D eigenvalue weighted by Crippen LogP contribution is 2.05. The van der Waals surface area contributed by atoms with Gasteiger partial charge in [-0.05, 0) is 18.9 Å². The van der Waals surface area contributed by atoms with Gasteiger partial charge in [-0.2, -0.15) is 0 Å². The van der Waals surface area contributed by atoms with Crippen LogP contribution >= 0.6 is 0 Å². The lowest BCUT2D eigenvalue weighted by atomic mass is 10.1. The van der Waals surface area contributed by atoms with Crippen LogP contribution in [0.5, 0.6) is 0 Å². The molecule has 1 rings (SSSR count). The highest BCUT2D eigenvalue weighted by atomic mass is 14.8. The van der Waals surface area contributed by atoms with E-state index in [9.17, 15) is 0 Å². The van der Waals surface area contributed by atoms with Crippen LogP contribution in [-0.4, -0.2) is 9.97 Å². The van der Waals surface area contributed by atoms with Crippen molar-refractivity contribution in [3.63, 3.8) is 0 Å². The van der Waals surface area contributed by atoms with Crippen LogP contribution in [0.1, 0.15) is 44.7 Å². The first-order valence-corrected chi connectivity index (χ1v) is 5.18. The largest absolute Gasteiger partial charge is 0.245 e. The van der Waals surface area contributed by atoms with Crippen LogP contribution in [0.3, 0.4) is 0 Å². The Morgan fingerprint density at radius 1 is 1.15 bits per heavy atom. The average molecular weight is 178 g/mol. The molecule has 0 amide bonds. The number of aryl methyl sites for hydroxylation is 1. The highest BCUT2D eigenvalue weighted by Gasteiger charge is 1.93. The molecule has 2 nitrogen and oxygen atoms in total. The van der Waals surface area contributed by atoms with Gasteiger partial charge in [0.1, 0.15) is 6.33 Å². The van der Waals surface area contributed by atoms with Crippen molar-refractivity contribution in [3.05, 3.63) is 24.3 Å². The second-order valence-corrected chi connectivity index (χ2v) is 3.36. The second-order valence-electron chi connectivity index (χ2n) is 3.36. The van der Waals surface area contributed by atoms with Crippen LogP contribution in [0.25, 0.3) is 0 Å². The zero-order chi connectivity index (χ0) is 9.36. The monoisotopic (exact) mass is 178 g/mol. The molecule has 0 bridgehead atoms. The zero-order valence-corrected chi connectivity index (χ0v) is 8.37. The summed E-state index contributed by atoms with van der Waals surface area (Å²) < 4.78 is 0. The molecule has 2 heteroatoms. The van der Waals surface area contributed by atoms with Gasteiger partial charge < -0.3 is 0 Å². The molecule has 0 atom stereocenters. The van der Waals surface area contributed by atoms with Gasteiger partial charge in [-0.15, -0.1) is 0 Å². The topological polar surface area (TPSA) is 25.8 Å². The number of hydrogen-bond acceptors (Lipinski definition) is 2. The Bertz CT molecular complexity index is 209. The Hall–Kier alpha value is -0.920. The van der Waals surface area contributed by atoms with E-state index in [2.05, 4.69) is 16.9 Å². The molecule has 0 aliphatic rings. The van der Waals surface area contributed by atoms with Crippen LogP contribution in [-0.2, 0) is 6.42 Å². The van der Waals surface area contributed by atoms with Gasteiger partial charge in [0, 0.05) is 11.9 Å². The number of aromatic nitrogens is 2. The van der Waals surface area contributed by atoms with E-state index in [4.69, 9.17) is 0 Å². The van der Waals surface area contributed by atoms with Crippen LogP contribution in [0.2, 0.25) is 0 Å². The summed E-state index contributed by atoms with van der Waals surface area (Å²) in [6.07, 6.45) is 11.2. The van der Waals surface area contributed by atoms with E-state index in [1.807, 2.05) is 12.3 Å². The number of hydrogen-bond donors (Lipinski definition) is 0. The lowest BCUT2D eigenvalue weighted by Crippen LogP contribution is -1.90. The van der Waals surface area contributed by atoms with Gasteiger partial charge >= 0.3 is 0 Å². The van der Waals surface area contributed by atoms with Crippen molar-refractivity contribution in [2.24, 2.45) is 0 Å². The molecule has 1 heterocycles. The zero-order valence-electron chi connectivity index (χ0n) is 8.37. The summed E-state index contributed by atoms with van der Waals surface area (Å²) >= 11 is 0. The minimum atomic E-state index is 1.10. The molecule has 0 unspecified atom stereocenters. The van der Waals surface area contributed by atoms with E-state index in [1.54, 1.807) is 6.33 Å². The van der Waals surface area contributed by atoms with Crippen LogP contribution in [0.4, 0.5) is 0 Å². The molecule has 0 aromatic carbocycles. The quantitative estimate of drug-likeness (QED) is 0.626. The van der Waals surface area contributed by atoms with Crippen molar-refractivity contribution in [3.8, 4) is 0 Å². The maximum Gasteiger partial charge on any atom is 0.115 e. The van der Waals surface area contributed by atoms with Crippen molar-refractivity contribution in [2.45, 2.75) is 45.4 Å². The summed E-state index contributed by atoms with van der Waals surface area (Å²) in [6.45, 7) is 2.24. The van der Waals surface area contributed by atoms with Gasteiger partial charge in [0.15, 0.2) is 0 Å². The summed E-state index contributed by atoms with van der Waals surface area (Å²) in [5, 5.41) is 0. The number of nitrogens with zero attached hydrogens (tertiary/aromatic N) is 2. The highest BCUT2D eigenvalue weighted by molar-refractivity contribution is 4.97. The maximum absolute atomic E-state index is 4.19. The first-order valence-electron chi connectivity index (χ1n) is 5.18. The van der Waals surface area contributed by atoms with Gasteiger partial charge in [0.2, 0.25) is 0 Å². The van der Waals surface area contributed by atoms with Gasteiger partial charge in [0.05, 0.1) is 0 Å². The summed E-state index contributed by atoms with van der Waals surface area (Å²) in [7, 11) is 0. The van der Waals surface area contributed by atoms with Gasteiger partial charge in [0.25, 0.3) is 0 Å². The van der Waals surface area contributed by atoms with E-state index in [0.29, 0.717) is 0 Å². The van der Waals surface area contributed by atoms with Crippen molar-refractivity contribution in [1.82, 2.24) is 9.97 Å². The molecule has 1 aromatic heterocycles. The maximum atomic E-state index is 4.19. The molecule has 13 heavy (non-hydrogen) atoms. The van der Waals surface area contributed by atoms with Crippen molar-refractivity contribution in [2.75, 3.05) is 0 Å². The SMILES string of the molecule is CCCCCCCc1ccncn1. The fourth-order valence-electron chi connectivity index (χ4n) is 1.38. The molecule has 0 saturated carbocycles. The predicted octanol–water partition coefficient (Wildman–Crippen LogP) is 2.99. The lowest BCUT2D eigenvalue weighted by molar-refractivity contribution is 0.627. The fraction of sp³-hybridized carbons (Fsp3) is 0.636. The smallest absolute Gasteiger partial charge is 0.115 e. The van der Waals surface area contributed by atoms with E-state index >= 15 is 0 Å². The van der Waals surface area contributed by atoms with Crippen molar-refractivity contribution in [1.29, 1.82) is 0 Å². The number of unbranched alkanes of at least 4 members (excludes halogenated alkanes) is 4. The summed E-state index contributed by atoms with van der Waals surface area (Å²) in [6, 6.07) is 2.00. The Kier molecular flexibility index (Phi) is 5.14. The summed E-state index contributed by atoms with van der Waals surface area (Å²) in [5.74, 6) is 0. The minimum absolute atomic E-state index is 1.10. The predicted molar refractivity (Wildman–Crippen MR) is 54.5 cm³/mol. The van der Waals surface area contributed by atoms with Gasteiger partial charge in [-0.3, -0.25) is 0 Å². The molecule has 0 fully saturated rings. The third kappa shape index (κ3) is 4.61. The first-order chi connectivity index (χ1) is 6.43. The Morgan fingerprint density at radius 2 is 2.00 bits per heavy atom. The van der Waals surface area contributed by atoms with Crippen molar-refractivity contribution < 1.29 is 0 Å². The van der Waals surface area contributed by atoms with E-state index in [0.717, 1.165) is 6.42 Å². The molecule has 0 aliphatic carbocycles. The lowest BCUT2D eigenvalue weighted by Gasteiger charge is -1.99. The molecule has 0 aliphatic heterocycles. The van der Waals surface area contributed by atoms with Crippen LogP contribution < -0.4 is 0 Å². The Labute approximate surface area is 80.4 Å². The second kappa shape index (κ2) is 6.58. The van der Waals surface area contributed by atoms with Crippen LogP contribution in [0.15, 0.2) is 18.6 Å². The summed E-state index contributed by atoms with van der Waals surface area (Å²) in [5.41, 5.74) is 1.17. The minimum Gasteiger partial charge on any atom is -0.245 e. The number of rotatable bonds is 6. The third-order valence-corrected chi connectivity index (χ3v) is 2.18. The Balaban J connectivity index is 2.07. The molecule has 1 aromatic rings. The van der Waals surface area contributed by atoms with Crippen molar-refractivity contribution >= 4 is 0 Å². The van der Waals surface area contributed by atoms with Gasteiger partial charge in [-0.1, -0.05) is 32.6 Å². The van der Waals surface area contributed by atoms with E-state index in [1.165, 1.54) is 37.8 Å². The first kappa shape index (κ1) is 10.2. The fourth-order valence-corrected chi connectivity index (χ4v) is 1.38. The van der Waals surface area contributed by atoms with E-state index in [-0.39, 0.29) is 0 Å². The molecule has 0 saturated heterocycles. The third-order valence-electron chi connectivity index (χ3n) is 2.18. The summed E-state index contributed by atoms with van der Waals surface area (Å²) in [4.78, 5) is 8.08. The van der Waals surface area contributed by atoms with Gasteiger partial charge in [-0.25, -0.2) is 9.97 Å². The Morgan fingerprint density at radius 3 is 2.69 bits per heavy atom. The normalized spacial score (nSPS) is 10.2. The molecule has 72 valence electrons. The molecule has 0 N–H and O–H groups in total. The molecule has 0 spiro atoms. The molecule has 0 radical (unpaired) electrons. The average Bonchev–Trinajstić information content (AvgIpc) is 2.19. The van der Waals surface area contributed by atoms with Crippen LogP contribution in [0, 0.1) is 0 Å². The molecular weight excluding hydrogens is 160 g/mol. The van der Waals surface area contributed by atoms with E-state index < -0.39 is 0 Å².